The van der Waals surface area contributed by atoms with E-state index < -0.39 is 4.92 Å². The highest BCUT2D eigenvalue weighted by atomic mass is 16.6. The standard InChI is InChI=1S/C21H18N6O2/c1-13-5-3-6-15(11-13)25-20-19(27(28)29)21(23-12-22-20)26-18-8-4-7-17-16(18)10-9-14(2)24-17/h3-12H,1-2H3,(H2,22,23,25,26). The topological polar surface area (TPSA) is 106 Å². The van der Waals surface area contributed by atoms with Gasteiger partial charge in [-0.1, -0.05) is 18.2 Å². The second-order valence-electron chi connectivity index (χ2n) is 6.62. The number of hydrogen-bond acceptors (Lipinski definition) is 7. The second kappa shape index (κ2) is 7.51. The van der Waals surface area contributed by atoms with Crippen molar-refractivity contribution in [2.75, 3.05) is 10.6 Å². The van der Waals surface area contributed by atoms with Gasteiger partial charge in [-0.2, -0.15) is 0 Å². The summed E-state index contributed by atoms with van der Waals surface area (Å²) in [5.74, 6) is 0.223. The van der Waals surface area contributed by atoms with Crippen molar-refractivity contribution in [1.29, 1.82) is 0 Å². The Morgan fingerprint density at radius 2 is 1.69 bits per heavy atom. The molecule has 0 bridgehead atoms. The fourth-order valence-corrected chi connectivity index (χ4v) is 3.09. The lowest BCUT2D eigenvalue weighted by atomic mass is 10.1. The summed E-state index contributed by atoms with van der Waals surface area (Å²) in [5, 5.41) is 18.8. The van der Waals surface area contributed by atoms with Gasteiger partial charge in [-0.25, -0.2) is 9.97 Å². The molecule has 2 aromatic carbocycles. The number of aromatic nitrogens is 3. The van der Waals surface area contributed by atoms with Crippen molar-refractivity contribution in [3.63, 3.8) is 0 Å². The van der Waals surface area contributed by atoms with Crippen LogP contribution in [-0.4, -0.2) is 19.9 Å². The number of nitro groups is 1. The third-order valence-corrected chi connectivity index (χ3v) is 4.41. The molecular formula is C21H18N6O2. The van der Waals surface area contributed by atoms with Crippen LogP contribution in [0.4, 0.5) is 28.7 Å². The summed E-state index contributed by atoms with van der Waals surface area (Å²) >= 11 is 0. The van der Waals surface area contributed by atoms with Crippen LogP contribution in [0.1, 0.15) is 11.3 Å². The quantitative estimate of drug-likeness (QED) is 0.366. The van der Waals surface area contributed by atoms with E-state index in [4.69, 9.17) is 0 Å². The lowest BCUT2D eigenvalue weighted by Gasteiger charge is -2.12. The number of pyridine rings is 1. The Labute approximate surface area is 166 Å². The molecule has 0 aliphatic rings. The van der Waals surface area contributed by atoms with Crippen LogP contribution in [0.2, 0.25) is 0 Å². The minimum absolute atomic E-state index is 0.105. The van der Waals surface area contributed by atoms with Gasteiger partial charge in [0.15, 0.2) is 0 Å². The van der Waals surface area contributed by atoms with E-state index in [2.05, 4.69) is 25.6 Å². The summed E-state index contributed by atoms with van der Waals surface area (Å²) in [5.41, 5.74) is 3.88. The Balaban J connectivity index is 1.76. The molecule has 4 aromatic rings. The molecule has 0 unspecified atom stereocenters. The lowest BCUT2D eigenvalue weighted by molar-refractivity contribution is -0.383. The normalized spacial score (nSPS) is 10.7. The molecule has 2 N–H and O–H groups in total. The van der Waals surface area contributed by atoms with Gasteiger partial charge < -0.3 is 10.6 Å². The number of anilines is 4. The van der Waals surface area contributed by atoms with Crippen molar-refractivity contribution < 1.29 is 4.92 Å². The van der Waals surface area contributed by atoms with Gasteiger partial charge in [0.25, 0.3) is 0 Å². The molecule has 0 spiro atoms. The molecule has 29 heavy (non-hydrogen) atoms. The lowest BCUT2D eigenvalue weighted by Crippen LogP contribution is -2.06. The molecule has 0 saturated carbocycles. The molecule has 0 saturated heterocycles. The molecule has 0 aliphatic carbocycles. The number of nitrogens with zero attached hydrogens (tertiary/aromatic N) is 4. The Morgan fingerprint density at radius 1 is 0.931 bits per heavy atom. The fraction of sp³-hybridized carbons (Fsp3) is 0.0952. The zero-order valence-electron chi connectivity index (χ0n) is 15.9. The number of aryl methyl sites for hydroxylation is 2. The first-order valence-corrected chi connectivity index (χ1v) is 8.98. The summed E-state index contributed by atoms with van der Waals surface area (Å²) in [6.45, 7) is 3.86. The van der Waals surface area contributed by atoms with Gasteiger partial charge in [0.1, 0.15) is 6.33 Å². The predicted octanol–water partition coefficient (Wildman–Crippen LogP) is 5.04. The van der Waals surface area contributed by atoms with Gasteiger partial charge in [0.05, 0.1) is 10.4 Å². The van der Waals surface area contributed by atoms with Crippen LogP contribution in [0.3, 0.4) is 0 Å². The van der Waals surface area contributed by atoms with Gasteiger partial charge in [0.2, 0.25) is 11.6 Å². The Morgan fingerprint density at radius 3 is 2.45 bits per heavy atom. The summed E-state index contributed by atoms with van der Waals surface area (Å²) in [6.07, 6.45) is 1.29. The number of fused-ring (bicyclic) bond motifs is 1. The highest BCUT2D eigenvalue weighted by molar-refractivity contribution is 5.94. The van der Waals surface area contributed by atoms with Gasteiger partial charge in [-0.3, -0.25) is 15.1 Å². The highest BCUT2D eigenvalue weighted by Crippen LogP contribution is 2.34. The Kier molecular flexibility index (Phi) is 4.74. The van der Waals surface area contributed by atoms with E-state index in [-0.39, 0.29) is 17.3 Å². The van der Waals surface area contributed by atoms with Crippen molar-refractivity contribution >= 4 is 39.6 Å². The van der Waals surface area contributed by atoms with E-state index in [0.717, 1.165) is 22.2 Å². The zero-order valence-corrected chi connectivity index (χ0v) is 15.9. The van der Waals surface area contributed by atoms with E-state index in [9.17, 15) is 10.1 Å². The van der Waals surface area contributed by atoms with E-state index in [1.807, 2.05) is 68.4 Å². The van der Waals surface area contributed by atoms with E-state index in [0.29, 0.717) is 11.4 Å². The zero-order chi connectivity index (χ0) is 20.4. The van der Waals surface area contributed by atoms with Crippen LogP contribution in [0.25, 0.3) is 10.9 Å². The molecule has 2 heterocycles. The van der Waals surface area contributed by atoms with Crippen molar-refractivity contribution in [3.8, 4) is 0 Å². The van der Waals surface area contributed by atoms with Crippen molar-refractivity contribution in [2.24, 2.45) is 0 Å². The maximum Gasteiger partial charge on any atom is 0.353 e. The number of rotatable bonds is 5. The SMILES string of the molecule is Cc1cccc(Nc2ncnc(Nc3cccc4nc(C)ccc34)c2[N+](=O)[O-])c1. The molecule has 0 aliphatic heterocycles. The number of nitrogens with one attached hydrogen (secondary N) is 2. The molecule has 8 heteroatoms. The summed E-state index contributed by atoms with van der Waals surface area (Å²) in [7, 11) is 0. The van der Waals surface area contributed by atoms with Gasteiger partial charge >= 0.3 is 5.69 Å². The van der Waals surface area contributed by atoms with Crippen molar-refractivity contribution in [1.82, 2.24) is 15.0 Å². The first kappa shape index (κ1) is 18.3. The first-order valence-electron chi connectivity index (χ1n) is 8.98. The second-order valence-corrected chi connectivity index (χ2v) is 6.62. The molecule has 0 amide bonds. The smallest absolute Gasteiger partial charge is 0.334 e. The predicted molar refractivity (Wildman–Crippen MR) is 113 cm³/mol. The Bertz CT molecular complexity index is 1220. The molecule has 8 nitrogen and oxygen atoms in total. The summed E-state index contributed by atoms with van der Waals surface area (Å²) in [6, 6.07) is 16.9. The molecule has 0 atom stereocenters. The van der Waals surface area contributed by atoms with Crippen molar-refractivity contribution in [3.05, 3.63) is 82.3 Å². The number of benzene rings is 2. The molecule has 2 aromatic heterocycles. The van der Waals surface area contributed by atoms with Crippen LogP contribution in [0, 0.1) is 24.0 Å². The maximum absolute atomic E-state index is 11.8. The number of hydrogen-bond donors (Lipinski definition) is 2. The van der Waals surface area contributed by atoms with Crippen LogP contribution in [0.5, 0.6) is 0 Å². The molecule has 0 radical (unpaired) electrons. The fourth-order valence-electron chi connectivity index (χ4n) is 3.09. The minimum atomic E-state index is -0.492. The average molecular weight is 386 g/mol. The average Bonchev–Trinajstić information content (AvgIpc) is 2.68. The third kappa shape index (κ3) is 3.81. The van der Waals surface area contributed by atoms with Gasteiger partial charge in [-0.05, 0) is 55.8 Å². The van der Waals surface area contributed by atoms with Crippen LogP contribution in [-0.2, 0) is 0 Å². The highest BCUT2D eigenvalue weighted by Gasteiger charge is 2.24. The largest absolute Gasteiger partial charge is 0.353 e. The van der Waals surface area contributed by atoms with Crippen molar-refractivity contribution in [2.45, 2.75) is 13.8 Å². The molecule has 144 valence electrons. The maximum atomic E-state index is 11.8. The first-order chi connectivity index (χ1) is 14.0. The summed E-state index contributed by atoms with van der Waals surface area (Å²) in [4.78, 5) is 24.0. The minimum Gasteiger partial charge on any atom is -0.334 e. The van der Waals surface area contributed by atoms with Crippen LogP contribution >= 0.6 is 0 Å². The third-order valence-electron chi connectivity index (χ3n) is 4.41. The monoisotopic (exact) mass is 386 g/mol. The Hall–Kier alpha value is -4.07. The summed E-state index contributed by atoms with van der Waals surface area (Å²) < 4.78 is 0. The molecular weight excluding hydrogens is 368 g/mol. The van der Waals surface area contributed by atoms with Gasteiger partial charge in [0, 0.05) is 22.5 Å². The van der Waals surface area contributed by atoms with E-state index in [1.165, 1.54) is 6.33 Å². The van der Waals surface area contributed by atoms with Crippen LogP contribution < -0.4 is 10.6 Å². The van der Waals surface area contributed by atoms with E-state index in [1.54, 1.807) is 0 Å². The van der Waals surface area contributed by atoms with E-state index >= 15 is 0 Å². The molecule has 4 rings (SSSR count). The van der Waals surface area contributed by atoms with Gasteiger partial charge in [-0.15, -0.1) is 0 Å². The molecule has 0 fully saturated rings. The van der Waals surface area contributed by atoms with Crippen LogP contribution in [0.15, 0.2) is 60.9 Å².